The summed E-state index contributed by atoms with van der Waals surface area (Å²) in [4.78, 5) is 12.1. The van der Waals surface area contributed by atoms with Crippen LogP contribution in [0.3, 0.4) is 0 Å². The molecular formula is C18H20N2O. The molecule has 0 saturated heterocycles. The Morgan fingerprint density at radius 3 is 2.38 bits per heavy atom. The molecule has 1 aliphatic carbocycles. The van der Waals surface area contributed by atoms with E-state index in [0.717, 1.165) is 12.0 Å². The lowest BCUT2D eigenvalue weighted by atomic mass is 10.1. The Balaban J connectivity index is 1.51. The van der Waals surface area contributed by atoms with E-state index in [4.69, 9.17) is 5.73 Å². The Kier molecular flexibility index (Phi) is 4.02. The third-order valence-corrected chi connectivity index (χ3v) is 3.98. The van der Waals surface area contributed by atoms with Gasteiger partial charge >= 0.3 is 0 Å². The Bertz CT molecular complexity index is 597. The average molecular weight is 280 g/mol. The zero-order chi connectivity index (χ0) is 14.7. The summed E-state index contributed by atoms with van der Waals surface area (Å²) < 4.78 is 0. The highest BCUT2D eigenvalue weighted by Gasteiger charge is 2.39. The molecule has 1 saturated carbocycles. The molecule has 108 valence electrons. The van der Waals surface area contributed by atoms with Crippen LogP contribution in [0.4, 0.5) is 0 Å². The number of carbonyl (C=O) groups excluding carboxylic acids is 1. The largest absolute Gasteiger partial charge is 0.351 e. The lowest BCUT2D eigenvalue weighted by molar-refractivity contribution is -0.122. The van der Waals surface area contributed by atoms with E-state index in [2.05, 4.69) is 17.4 Å². The van der Waals surface area contributed by atoms with Crippen LogP contribution in [0.15, 0.2) is 60.7 Å². The van der Waals surface area contributed by atoms with E-state index in [-0.39, 0.29) is 11.9 Å². The van der Waals surface area contributed by atoms with Gasteiger partial charge in [0.25, 0.3) is 0 Å². The van der Waals surface area contributed by atoms with Crippen LogP contribution in [0, 0.1) is 0 Å². The molecule has 0 spiro atoms. The Morgan fingerprint density at radius 2 is 1.71 bits per heavy atom. The summed E-state index contributed by atoms with van der Waals surface area (Å²) in [6.45, 7) is 0. The first-order valence-corrected chi connectivity index (χ1v) is 7.39. The van der Waals surface area contributed by atoms with Gasteiger partial charge < -0.3 is 11.1 Å². The van der Waals surface area contributed by atoms with Gasteiger partial charge in [0.15, 0.2) is 0 Å². The molecule has 3 N–H and O–H groups in total. The molecule has 1 amide bonds. The fourth-order valence-corrected chi connectivity index (χ4v) is 2.67. The summed E-state index contributed by atoms with van der Waals surface area (Å²) in [5.41, 5.74) is 8.38. The van der Waals surface area contributed by atoms with Crippen molar-refractivity contribution < 1.29 is 4.79 Å². The van der Waals surface area contributed by atoms with Gasteiger partial charge in [0.05, 0.1) is 6.04 Å². The molecule has 0 bridgehead atoms. The van der Waals surface area contributed by atoms with Gasteiger partial charge in [-0.05, 0) is 24.0 Å². The minimum atomic E-state index is -0.482. The highest BCUT2D eigenvalue weighted by molar-refractivity contribution is 5.82. The number of hydrogen-bond acceptors (Lipinski definition) is 2. The average Bonchev–Trinajstić information content (AvgIpc) is 3.28. The van der Waals surface area contributed by atoms with Gasteiger partial charge in [-0.15, -0.1) is 0 Å². The van der Waals surface area contributed by atoms with Gasteiger partial charge in [-0.1, -0.05) is 60.7 Å². The number of carbonyl (C=O) groups is 1. The SMILES string of the molecule is N[C@@H](Cc1ccccc1)C(=O)NC1CC1c1ccccc1. The molecular weight excluding hydrogens is 260 g/mol. The fourth-order valence-electron chi connectivity index (χ4n) is 2.67. The molecule has 0 aromatic heterocycles. The van der Waals surface area contributed by atoms with Crippen molar-refractivity contribution in [3.05, 3.63) is 71.8 Å². The molecule has 0 heterocycles. The predicted octanol–water partition coefficient (Wildman–Crippen LogP) is 2.23. The second-order valence-corrected chi connectivity index (χ2v) is 5.66. The van der Waals surface area contributed by atoms with Crippen LogP contribution in [-0.2, 0) is 11.2 Å². The van der Waals surface area contributed by atoms with Crippen molar-refractivity contribution in [1.82, 2.24) is 5.32 Å². The van der Waals surface area contributed by atoms with Crippen LogP contribution >= 0.6 is 0 Å². The first kappa shape index (κ1) is 13.8. The van der Waals surface area contributed by atoms with Crippen molar-refractivity contribution in [1.29, 1.82) is 0 Å². The van der Waals surface area contributed by atoms with Crippen molar-refractivity contribution in [3.8, 4) is 0 Å². The van der Waals surface area contributed by atoms with E-state index in [1.165, 1.54) is 5.56 Å². The van der Waals surface area contributed by atoms with Crippen molar-refractivity contribution in [2.24, 2.45) is 5.73 Å². The molecule has 0 aliphatic heterocycles. The van der Waals surface area contributed by atoms with Crippen LogP contribution in [0.2, 0.25) is 0 Å². The van der Waals surface area contributed by atoms with Crippen molar-refractivity contribution in [2.75, 3.05) is 0 Å². The summed E-state index contributed by atoms with van der Waals surface area (Å²) in [6, 6.07) is 19.9. The summed E-state index contributed by atoms with van der Waals surface area (Å²) >= 11 is 0. The van der Waals surface area contributed by atoms with Gasteiger partial charge in [-0.3, -0.25) is 4.79 Å². The fraction of sp³-hybridized carbons (Fsp3) is 0.278. The highest BCUT2D eigenvalue weighted by atomic mass is 16.2. The first-order valence-electron chi connectivity index (χ1n) is 7.39. The van der Waals surface area contributed by atoms with E-state index in [1.807, 2.05) is 48.5 Å². The summed E-state index contributed by atoms with van der Waals surface area (Å²) in [5, 5.41) is 3.06. The van der Waals surface area contributed by atoms with Crippen LogP contribution in [-0.4, -0.2) is 18.0 Å². The number of benzene rings is 2. The Morgan fingerprint density at radius 1 is 1.10 bits per heavy atom. The van der Waals surface area contributed by atoms with E-state index in [9.17, 15) is 4.79 Å². The summed E-state index contributed by atoms with van der Waals surface area (Å²) in [6.07, 6.45) is 1.59. The summed E-state index contributed by atoms with van der Waals surface area (Å²) in [5.74, 6) is 0.390. The zero-order valence-corrected chi connectivity index (χ0v) is 11.9. The van der Waals surface area contributed by atoms with Crippen LogP contribution in [0.5, 0.6) is 0 Å². The third-order valence-electron chi connectivity index (χ3n) is 3.98. The Hall–Kier alpha value is -2.13. The molecule has 1 fully saturated rings. The van der Waals surface area contributed by atoms with E-state index in [0.29, 0.717) is 12.3 Å². The number of hydrogen-bond donors (Lipinski definition) is 2. The molecule has 0 radical (unpaired) electrons. The standard InChI is InChI=1S/C18H20N2O/c19-16(11-13-7-3-1-4-8-13)18(21)20-17-12-15(17)14-9-5-2-6-10-14/h1-10,15-17H,11-12,19H2,(H,20,21)/t15?,16-,17?/m0/s1. The van der Waals surface area contributed by atoms with Crippen LogP contribution in [0.1, 0.15) is 23.5 Å². The number of rotatable bonds is 5. The van der Waals surface area contributed by atoms with Crippen LogP contribution < -0.4 is 11.1 Å². The molecule has 1 aliphatic rings. The Labute approximate surface area is 125 Å². The van der Waals surface area contributed by atoms with Gasteiger partial charge in [-0.2, -0.15) is 0 Å². The van der Waals surface area contributed by atoms with Crippen molar-refractivity contribution >= 4 is 5.91 Å². The highest BCUT2D eigenvalue weighted by Crippen LogP contribution is 2.40. The molecule has 21 heavy (non-hydrogen) atoms. The molecule has 2 aromatic rings. The van der Waals surface area contributed by atoms with Crippen molar-refractivity contribution in [2.45, 2.75) is 30.8 Å². The monoisotopic (exact) mass is 280 g/mol. The minimum absolute atomic E-state index is 0.0534. The third kappa shape index (κ3) is 3.50. The maximum Gasteiger partial charge on any atom is 0.237 e. The topological polar surface area (TPSA) is 55.1 Å². The zero-order valence-electron chi connectivity index (χ0n) is 11.9. The van der Waals surface area contributed by atoms with Gasteiger partial charge in [0.2, 0.25) is 5.91 Å². The van der Waals surface area contributed by atoms with Gasteiger partial charge in [0, 0.05) is 12.0 Å². The minimum Gasteiger partial charge on any atom is -0.351 e. The van der Waals surface area contributed by atoms with Crippen molar-refractivity contribution in [3.63, 3.8) is 0 Å². The predicted molar refractivity (Wildman–Crippen MR) is 83.9 cm³/mol. The maximum atomic E-state index is 12.1. The van der Waals surface area contributed by atoms with E-state index in [1.54, 1.807) is 0 Å². The number of nitrogens with one attached hydrogen (secondary N) is 1. The molecule has 3 rings (SSSR count). The van der Waals surface area contributed by atoms with E-state index >= 15 is 0 Å². The number of amides is 1. The van der Waals surface area contributed by atoms with Gasteiger partial charge in [0.1, 0.15) is 0 Å². The number of nitrogens with two attached hydrogens (primary N) is 1. The normalized spacial score (nSPS) is 21.6. The maximum absolute atomic E-state index is 12.1. The lowest BCUT2D eigenvalue weighted by Crippen LogP contribution is -2.43. The lowest BCUT2D eigenvalue weighted by Gasteiger charge is -2.12. The van der Waals surface area contributed by atoms with E-state index < -0.39 is 6.04 Å². The second-order valence-electron chi connectivity index (χ2n) is 5.66. The molecule has 2 unspecified atom stereocenters. The summed E-state index contributed by atoms with van der Waals surface area (Å²) in [7, 11) is 0. The quantitative estimate of drug-likeness (QED) is 0.882. The molecule has 3 atom stereocenters. The second kappa shape index (κ2) is 6.10. The van der Waals surface area contributed by atoms with Gasteiger partial charge in [-0.25, -0.2) is 0 Å². The molecule has 3 heteroatoms. The smallest absolute Gasteiger partial charge is 0.237 e. The van der Waals surface area contributed by atoms with Crippen LogP contribution in [0.25, 0.3) is 0 Å². The molecule has 2 aromatic carbocycles. The first-order chi connectivity index (χ1) is 10.2. The molecule has 3 nitrogen and oxygen atoms in total.